The minimum atomic E-state index is -4.82. The Bertz CT molecular complexity index is 1450. The number of hydrogen-bond donors (Lipinski definition) is 3. The first-order valence-electron chi connectivity index (χ1n) is 12.8. The zero-order valence-corrected chi connectivity index (χ0v) is 23.9. The predicted octanol–water partition coefficient (Wildman–Crippen LogP) is 3.26. The van der Waals surface area contributed by atoms with Crippen LogP contribution in [-0.4, -0.2) is 71.9 Å². The molecule has 1 aromatic heterocycles. The van der Waals surface area contributed by atoms with Gasteiger partial charge in [-0.3, -0.25) is 19.1 Å². The van der Waals surface area contributed by atoms with Gasteiger partial charge < -0.3 is 19.9 Å². The molecule has 0 bridgehead atoms. The Labute approximate surface area is 234 Å². The van der Waals surface area contributed by atoms with E-state index < -0.39 is 45.5 Å². The fraction of sp³-hybridized carbons (Fsp3) is 0.560. The van der Waals surface area contributed by atoms with Crippen molar-refractivity contribution in [3.8, 4) is 5.75 Å². The zero-order chi connectivity index (χ0) is 30.5. The summed E-state index contributed by atoms with van der Waals surface area (Å²) in [6.45, 7) is 5.21. The Kier molecular flexibility index (Phi) is 7.71. The summed E-state index contributed by atoms with van der Waals surface area (Å²) >= 11 is 0. The highest BCUT2D eigenvalue weighted by atomic mass is 32.2. The zero-order valence-electron chi connectivity index (χ0n) is 23.1. The molecule has 1 saturated carbocycles. The van der Waals surface area contributed by atoms with E-state index in [2.05, 4.69) is 20.5 Å². The number of carbonyl (C=O) groups is 2. The topological polar surface area (TPSA) is 152 Å². The molecule has 0 spiro atoms. The Morgan fingerprint density at radius 1 is 1.20 bits per heavy atom. The number of alkyl halides is 3. The van der Waals surface area contributed by atoms with E-state index in [1.54, 1.807) is 11.6 Å². The van der Waals surface area contributed by atoms with Crippen LogP contribution in [0.5, 0.6) is 5.75 Å². The van der Waals surface area contributed by atoms with Crippen molar-refractivity contribution in [1.29, 1.82) is 0 Å². The maximum absolute atomic E-state index is 14.0. The van der Waals surface area contributed by atoms with Gasteiger partial charge in [0.1, 0.15) is 22.4 Å². The van der Waals surface area contributed by atoms with Gasteiger partial charge in [-0.1, -0.05) is 0 Å². The van der Waals surface area contributed by atoms with Crippen LogP contribution in [0.4, 0.5) is 29.3 Å². The largest absolute Gasteiger partial charge is 0.484 e. The molecule has 1 aliphatic carbocycles. The van der Waals surface area contributed by atoms with Gasteiger partial charge in [-0.25, -0.2) is 13.2 Å². The quantitative estimate of drug-likeness (QED) is 0.416. The second-order valence-electron chi connectivity index (χ2n) is 11.0. The van der Waals surface area contributed by atoms with Gasteiger partial charge in [0.25, 0.3) is 15.9 Å². The standard InChI is InChI=1S/C25H32F3N5O7S/c1-14-20(12-30-33(14)16-7-8-16)41(37,38)32-13-17(11-29-21(34)23(2,3)36)39-19-9-6-15(10-18(19)32)31-22(35)40-24(4,5)25(26,27)28/h6,9-10,12,16-17,36H,7-8,11,13H2,1-5H3,(H,29,34)(H,31,35)/t17-/m0/s1. The molecule has 1 aromatic carbocycles. The Morgan fingerprint density at radius 2 is 1.85 bits per heavy atom. The first-order chi connectivity index (χ1) is 18.8. The molecule has 1 aliphatic heterocycles. The number of nitrogens with zero attached hydrogens (tertiary/aromatic N) is 3. The molecular formula is C25H32F3N5O7S. The Morgan fingerprint density at radius 3 is 2.44 bits per heavy atom. The van der Waals surface area contributed by atoms with E-state index in [9.17, 15) is 36.3 Å². The number of ether oxygens (including phenoxy) is 2. The summed E-state index contributed by atoms with van der Waals surface area (Å²) in [7, 11) is -4.27. The molecule has 12 nitrogen and oxygen atoms in total. The van der Waals surface area contributed by atoms with Crippen LogP contribution in [0.3, 0.4) is 0 Å². The summed E-state index contributed by atoms with van der Waals surface area (Å²) in [5.74, 6) is -0.619. The molecule has 2 aliphatic rings. The molecule has 0 radical (unpaired) electrons. The second-order valence-corrected chi connectivity index (χ2v) is 12.9. The number of rotatable bonds is 8. The molecule has 2 aromatic rings. The lowest BCUT2D eigenvalue weighted by Crippen LogP contribution is -2.51. The fourth-order valence-corrected chi connectivity index (χ4v) is 5.70. The maximum Gasteiger partial charge on any atom is 0.427 e. The van der Waals surface area contributed by atoms with E-state index in [4.69, 9.17) is 4.74 Å². The number of carbonyl (C=O) groups excluding carboxylic acids is 2. The number of anilines is 2. The van der Waals surface area contributed by atoms with Crippen molar-refractivity contribution >= 4 is 33.4 Å². The molecule has 3 N–H and O–H groups in total. The van der Waals surface area contributed by atoms with Crippen molar-refractivity contribution in [2.24, 2.45) is 0 Å². The first-order valence-corrected chi connectivity index (χ1v) is 14.2. The number of aliphatic hydroxyl groups is 1. The molecule has 4 rings (SSSR count). The van der Waals surface area contributed by atoms with Gasteiger partial charge >= 0.3 is 12.3 Å². The van der Waals surface area contributed by atoms with E-state index in [1.165, 1.54) is 38.2 Å². The van der Waals surface area contributed by atoms with Gasteiger partial charge in [-0.15, -0.1) is 0 Å². The predicted molar refractivity (Wildman–Crippen MR) is 140 cm³/mol. The number of nitrogens with one attached hydrogen (secondary N) is 2. The first kappa shape index (κ1) is 30.4. The van der Waals surface area contributed by atoms with Crippen LogP contribution in [0, 0.1) is 6.92 Å². The number of aromatic nitrogens is 2. The molecule has 2 heterocycles. The van der Waals surface area contributed by atoms with Crippen molar-refractivity contribution in [1.82, 2.24) is 15.1 Å². The number of fused-ring (bicyclic) bond motifs is 1. The van der Waals surface area contributed by atoms with Crippen LogP contribution < -0.4 is 19.7 Å². The van der Waals surface area contributed by atoms with Crippen LogP contribution in [-0.2, 0) is 19.6 Å². The third kappa shape index (κ3) is 6.37. The number of sulfonamides is 1. The number of benzene rings is 1. The minimum Gasteiger partial charge on any atom is -0.484 e. The highest BCUT2D eigenvalue weighted by molar-refractivity contribution is 7.92. The molecule has 0 unspecified atom stereocenters. The molecule has 1 atom stereocenters. The van der Waals surface area contributed by atoms with Crippen LogP contribution in [0.15, 0.2) is 29.3 Å². The van der Waals surface area contributed by atoms with Gasteiger partial charge in [-0.05, 0) is 65.7 Å². The van der Waals surface area contributed by atoms with Crippen molar-refractivity contribution < 1.29 is 45.8 Å². The highest BCUT2D eigenvalue weighted by Crippen LogP contribution is 2.41. The van der Waals surface area contributed by atoms with E-state index in [-0.39, 0.29) is 41.2 Å². The average molecular weight is 604 g/mol. The Hall–Kier alpha value is -3.53. The van der Waals surface area contributed by atoms with Gasteiger partial charge in [-0.2, -0.15) is 18.3 Å². The third-order valence-corrected chi connectivity index (χ3v) is 8.56. The Balaban J connectivity index is 1.65. The van der Waals surface area contributed by atoms with E-state index >= 15 is 0 Å². The molecule has 16 heteroatoms. The van der Waals surface area contributed by atoms with Crippen LogP contribution in [0.1, 0.15) is 52.3 Å². The fourth-order valence-electron chi connectivity index (χ4n) is 4.05. The molecule has 0 saturated heterocycles. The van der Waals surface area contributed by atoms with Crippen molar-refractivity contribution in [3.63, 3.8) is 0 Å². The molecular weight excluding hydrogens is 571 g/mol. The van der Waals surface area contributed by atoms with Gasteiger partial charge in [0, 0.05) is 5.69 Å². The van der Waals surface area contributed by atoms with E-state index in [0.29, 0.717) is 19.5 Å². The average Bonchev–Trinajstić information content (AvgIpc) is 3.60. The third-order valence-electron chi connectivity index (χ3n) is 6.67. The smallest absolute Gasteiger partial charge is 0.427 e. The highest BCUT2D eigenvalue weighted by Gasteiger charge is 2.51. The summed E-state index contributed by atoms with van der Waals surface area (Å²) in [5.41, 5.74) is -4.07. The monoisotopic (exact) mass is 603 g/mol. The lowest BCUT2D eigenvalue weighted by atomic mass is 10.1. The molecule has 226 valence electrons. The van der Waals surface area contributed by atoms with Crippen molar-refractivity contribution in [2.75, 3.05) is 22.7 Å². The summed E-state index contributed by atoms with van der Waals surface area (Å²) in [5, 5.41) is 18.9. The van der Waals surface area contributed by atoms with Gasteiger partial charge in [0.05, 0.1) is 36.7 Å². The van der Waals surface area contributed by atoms with Crippen LogP contribution >= 0.6 is 0 Å². The van der Waals surface area contributed by atoms with E-state index in [1.807, 2.05) is 0 Å². The van der Waals surface area contributed by atoms with Crippen molar-refractivity contribution in [3.05, 3.63) is 30.1 Å². The summed E-state index contributed by atoms with van der Waals surface area (Å²) < 4.78 is 80.5. The van der Waals surface area contributed by atoms with E-state index in [0.717, 1.165) is 17.1 Å². The summed E-state index contributed by atoms with van der Waals surface area (Å²) in [6.07, 6.45) is -4.09. The summed E-state index contributed by atoms with van der Waals surface area (Å²) in [4.78, 5) is 24.4. The number of hydrogen-bond acceptors (Lipinski definition) is 8. The van der Waals surface area contributed by atoms with Crippen LogP contribution in [0.2, 0.25) is 0 Å². The maximum atomic E-state index is 14.0. The number of amides is 2. The molecule has 2 amide bonds. The minimum absolute atomic E-state index is 0.00141. The van der Waals surface area contributed by atoms with Crippen LogP contribution in [0.25, 0.3) is 0 Å². The second kappa shape index (κ2) is 10.4. The van der Waals surface area contributed by atoms with Crippen molar-refractivity contribution in [2.45, 2.75) is 81.9 Å². The van der Waals surface area contributed by atoms with Gasteiger partial charge in [0.15, 0.2) is 0 Å². The molecule has 41 heavy (non-hydrogen) atoms. The number of halogens is 3. The normalized spacial score (nSPS) is 17.9. The summed E-state index contributed by atoms with van der Waals surface area (Å²) in [6, 6.07) is 4.00. The SMILES string of the molecule is Cc1c(S(=O)(=O)N2C[C@H](CNC(=O)C(C)(C)O)Oc3ccc(NC(=O)OC(C)(C)C(F)(F)F)cc32)cnn1C1CC1. The molecule has 1 fully saturated rings. The lowest BCUT2D eigenvalue weighted by molar-refractivity contribution is -0.242. The lowest BCUT2D eigenvalue weighted by Gasteiger charge is -2.36. The van der Waals surface area contributed by atoms with Gasteiger partial charge in [0.2, 0.25) is 5.60 Å².